The fraction of sp³-hybridized carbons (Fsp3) is 0. The van der Waals surface area contributed by atoms with Gasteiger partial charge in [-0.2, -0.15) is 0 Å². The predicted octanol–water partition coefficient (Wildman–Crippen LogP) is 4.33. The van der Waals surface area contributed by atoms with E-state index >= 15 is 0 Å². The number of nitrogens with zero attached hydrogens (tertiary/aromatic N) is 2. The van der Waals surface area contributed by atoms with Crippen LogP contribution in [0.3, 0.4) is 0 Å². The smallest absolute Gasteiger partial charge is 0.323 e. The number of anilines is 2. The number of carbonyl (C=O) groups excluding carboxylic acids is 1. The summed E-state index contributed by atoms with van der Waals surface area (Å²) in [5, 5.41) is 4.59. The molecular weight excluding hydrogens is 349 g/mol. The molecule has 0 radical (unpaired) electrons. The van der Waals surface area contributed by atoms with Crippen molar-refractivity contribution in [1.29, 1.82) is 0 Å². The van der Waals surface area contributed by atoms with Crippen LogP contribution in [0.2, 0.25) is 0 Å². The van der Waals surface area contributed by atoms with Crippen molar-refractivity contribution < 1.29 is 22.7 Å². The topological polar surface area (TPSA) is 76.1 Å². The van der Waals surface area contributed by atoms with Crippen LogP contribution < -0.4 is 15.4 Å². The summed E-state index contributed by atoms with van der Waals surface area (Å²) in [5.74, 6) is -2.28. The number of rotatable bonds is 4. The number of ether oxygens (including phenoxy) is 1. The summed E-state index contributed by atoms with van der Waals surface area (Å²) in [6.07, 6.45) is 2.45. The molecule has 3 rings (SSSR count). The number of benzene rings is 2. The molecule has 0 atom stereocenters. The number of amides is 2. The Morgan fingerprint density at radius 1 is 0.923 bits per heavy atom. The van der Waals surface area contributed by atoms with Crippen LogP contribution in [0, 0.1) is 17.5 Å². The molecule has 1 heterocycles. The quantitative estimate of drug-likeness (QED) is 0.726. The fourth-order valence-electron chi connectivity index (χ4n) is 1.93. The second-order valence-electron chi connectivity index (χ2n) is 4.99. The van der Waals surface area contributed by atoms with Crippen LogP contribution in [-0.4, -0.2) is 16.0 Å². The van der Waals surface area contributed by atoms with Crippen molar-refractivity contribution in [2.24, 2.45) is 0 Å². The maximum absolute atomic E-state index is 13.5. The minimum absolute atomic E-state index is 0.0438. The van der Waals surface area contributed by atoms with Gasteiger partial charge in [-0.3, -0.25) is 0 Å². The van der Waals surface area contributed by atoms with E-state index in [2.05, 4.69) is 20.6 Å². The summed E-state index contributed by atoms with van der Waals surface area (Å²) in [6, 6.07) is 7.59. The summed E-state index contributed by atoms with van der Waals surface area (Å²) < 4.78 is 45.0. The largest absolute Gasteiger partial charge is 0.421 e. The van der Waals surface area contributed by atoms with Crippen LogP contribution in [0.15, 0.2) is 54.9 Å². The van der Waals surface area contributed by atoms with Crippen LogP contribution >= 0.6 is 0 Å². The Morgan fingerprint density at radius 3 is 2.35 bits per heavy atom. The minimum atomic E-state index is -0.912. The summed E-state index contributed by atoms with van der Waals surface area (Å²) in [5.41, 5.74) is -0.00442. The lowest BCUT2D eigenvalue weighted by atomic mass is 10.3. The molecule has 0 aliphatic carbocycles. The van der Waals surface area contributed by atoms with Gasteiger partial charge >= 0.3 is 12.0 Å². The molecule has 6 nitrogen and oxygen atoms in total. The third-order valence-electron chi connectivity index (χ3n) is 3.10. The highest BCUT2D eigenvalue weighted by Gasteiger charge is 2.10. The van der Waals surface area contributed by atoms with Gasteiger partial charge in [0.1, 0.15) is 11.6 Å². The van der Waals surface area contributed by atoms with Crippen LogP contribution in [0.1, 0.15) is 0 Å². The van der Waals surface area contributed by atoms with Gasteiger partial charge in [-0.25, -0.2) is 27.9 Å². The molecule has 0 fully saturated rings. The molecule has 1 aromatic heterocycles. The molecular formula is C17H11F3N4O2. The van der Waals surface area contributed by atoms with E-state index in [1.165, 1.54) is 30.6 Å². The molecule has 26 heavy (non-hydrogen) atoms. The van der Waals surface area contributed by atoms with Crippen molar-refractivity contribution in [1.82, 2.24) is 9.97 Å². The monoisotopic (exact) mass is 360 g/mol. The maximum atomic E-state index is 13.5. The summed E-state index contributed by atoms with van der Waals surface area (Å²) in [6.45, 7) is 0. The zero-order chi connectivity index (χ0) is 18.5. The van der Waals surface area contributed by atoms with Crippen LogP contribution in [0.5, 0.6) is 11.8 Å². The third-order valence-corrected chi connectivity index (χ3v) is 3.10. The van der Waals surface area contributed by atoms with Gasteiger partial charge in [0.05, 0.1) is 23.8 Å². The van der Waals surface area contributed by atoms with E-state index in [1.807, 2.05) is 0 Å². The van der Waals surface area contributed by atoms with Gasteiger partial charge in [-0.1, -0.05) is 12.1 Å². The van der Waals surface area contributed by atoms with Gasteiger partial charge in [-0.15, -0.1) is 0 Å². The van der Waals surface area contributed by atoms with Gasteiger partial charge in [0.2, 0.25) is 0 Å². The Kier molecular flexibility index (Phi) is 4.97. The Balaban J connectivity index is 1.62. The van der Waals surface area contributed by atoms with Crippen LogP contribution in [0.4, 0.5) is 29.3 Å². The van der Waals surface area contributed by atoms with E-state index in [9.17, 15) is 18.0 Å². The molecule has 2 aromatic carbocycles. The maximum Gasteiger partial charge on any atom is 0.323 e. The van der Waals surface area contributed by atoms with Crippen LogP contribution in [-0.2, 0) is 0 Å². The van der Waals surface area contributed by atoms with E-state index < -0.39 is 23.5 Å². The number of para-hydroxylation sites is 1. The van der Waals surface area contributed by atoms with Crippen molar-refractivity contribution in [3.05, 3.63) is 72.3 Å². The second-order valence-corrected chi connectivity index (χ2v) is 4.99. The second kappa shape index (κ2) is 7.51. The van der Waals surface area contributed by atoms with E-state index in [-0.39, 0.29) is 23.1 Å². The lowest BCUT2D eigenvalue weighted by molar-refractivity contribution is 0.262. The highest BCUT2D eigenvalue weighted by molar-refractivity contribution is 5.99. The van der Waals surface area contributed by atoms with Crippen molar-refractivity contribution in [2.45, 2.75) is 0 Å². The normalized spacial score (nSPS) is 10.3. The number of hydrogen-bond acceptors (Lipinski definition) is 4. The molecule has 0 spiro atoms. The Hall–Kier alpha value is -3.62. The Morgan fingerprint density at radius 2 is 1.65 bits per heavy atom. The highest BCUT2D eigenvalue weighted by Crippen LogP contribution is 2.21. The van der Waals surface area contributed by atoms with Gasteiger partial charge < -0.3 is 15.4 Å². The molecule has 2 N–H and O–H groups in total. The Labute approximate surface area is 145 Å². The average Bonchev–Trinajstić information content (AvgIpc) is 2.61. The van der Waals surface area contributed by atoms with Crippen molar-refractivity contribution in [3.8, 4) is 11.8 Å². The Bertz CT molecular complexity index is 936. The van der Waals surface area contributed by atoms with Gasteiger partial charge in [0.15, 0.2) is 11.6 Å². The average molecular weight is 360 g/mol. The first-order chi connectivity index (χ1) is 12.5. The van der Waals surface area contributed by atoms with Crippen molar-refractivity contribution >= 4 is 17.4 Å². The first-order valence-electron chi connectivity index (χ1n) is 7.29. The van der Waals surface area contributed by atoms with E-state index in [0.717, 1.165) is 12.1 Å². The van der Waals surface area contributed by atoms with Crippen LogP contribution in [0.25, 0.3) is 0 Å². The van der Waals surface area contributed by atoms with E-state index in [0.29, 0.717) is 6.07 Å². The molecule has 0 bridgehead atoms. The zero-order valence-electron chi connectivity index (χ0n) is 13.0. The van der Waals surface area contributed by atoms with E-state index in [4.69, 9.17) is 4.74 Å². The number of aromatic nitrogens is 2. The molecule has 9 heteroatoms. The molecule has 0 aliphatic rings. The molecule has 0 saturated carbocycles. The van der Waals surface area contributed by atoms with Gasteiger partial charge in [0, 0.05) is 6.07 Å². The number of urea groups is 1. The summed E-state index contributed by atoms with van der Waals surface area (Å²) in [4.78, 5) is 19.5. The first-order valence-corrected chi connectivity index (χ1v) is 7.29. The number of nitrogens with one attached hydrogen (secondary N) is 2. The van der Waals surface area contributed by atoms with E-state index in [1.54, 1.807) is 6.07 Å². The van der Waals surface area contributed by atoms with Crippen molar-refractivity contribution in [3.63, 3.8) is 0 Å². The molecule has 0 saturated heterocycles. The SMILES string of the molecule is O=C(Nc1cnc(Oc2ccccc2F)nc1)Nc1ccc(F)cc1F. The van der Waals surface area contributed by atoms with Gasteiger partial charge in [-0.05, 0) is 24.3 Å². The minimum Gasteiger partial charge on any atom is -0.421 e. The molecule has 2 amide bonds. The lowest BCUT2D eigenvalue weighted by Crippen LogP contribution is -2.20. The third kappa shape index (κ3) is 4.26. The fourth-order valence-corrected chi connectivity index (χ4v) is 1.93. The lowest BCUT2D eigenvalue weighted by Gasteiger charge is -2.09. The standard InChI is InChI=1S/C17H11F3N4O2/c18-10-5-6-14(13(20)7-10)24-16(25)23-11-8-21-17(22-9-11)26-15-4-2-1-3-12(15)19/h1-9H,(H2,23,24,25). The number of halogens is 3. The number of carbonyl (C=O) groups is 1. The predicted molar refractivity (Wildman–Crippen MR) is 87.5 cm³/mol. The molecule has 0 aliphatic heterocycles. The molecule has 132 valence electrons. The summed E-state index contributed by atoms with van der Waals surface area (Å²) in [7, 11) is 0. The van der Waals surface area contributed by atoms with Gasteiger partial charge in [0.25, 0.3) is 0 Å². The first kappa shape index (κ1) is 17.2. The molecule has 0 unspecified atom stereocenters. The summed E-state index contributed by atoms with van der Waals surface area (Å²) >= 11 is 0. The zero-order valence-corrected chi connectivity index (χ0v) is 13.0. The highest BCUT2D eigenvalue weighted by atomic mass is 19.1. The number of hydrogen-bond donors (Lipinski definition) is 2. The molecule has 3 aromatic rings. The van der Waals surface area contributed by atoms with Crippen molar-refractivity contribution in [2.75, 3.05) is 10.6 Å².